The number of aromatic nitrogens is 1. The molecule has 5 heteroatoms. The first-order valence-corrected chi connectivity index (χ1v) is 6.47. The fraction of sp³-hybridized carbons (Fsp3) is 0.385. The molecule has 1 fully saturated rings. The summed E-state index contributed by atoms with van der Waals surface area (Å²) in [6, 6.07) is 3.04. The topological polar surface area (TPSA) is 54.0 Å². The molecule has 0 aromatic carbocycles. The summed E-state index contributed by atoms with van der Waals surface area (Å²) in [7, 11) is 0. The molecule has 2 N–H and O–H groups in total. The molecule has 1 aliphatic rings. The molecule has 1 aromatic heterocycles. The first kappa shape index (κ1) is 12.9. The van der Waals surface area contributed by atoms with Gasteiger partial charge in [-0.3, -0.25) is 5.32 Å². The van der Waals surface area contributed by atoms with Crippen molar-refractivity contribution >= 4 is 23.4 Å². The van der Waals surface area contributed by atoms with Crippen LogP contribution in [0, 0.1) is 5.92 Å². The lowest BCUT2D eigenvalue weighted by Crippen LogP contribution is -2.24. The van der Waals surface area contributed by atoms with Crippen molar-refractivity contribution in [3.8, 4) is 0 Å². The molecule has 4 nitrogen and oxygen atoms in total. The summed E-state index contributed by atoms with van der Waals surface area (Å²) in [6.07, 6.45) is 10.3. The summed E-state index contributed by atoms with van der Waals surface area (Å²) < 4.78 is 0. The lowest BCUT2D eigenvalue weighted by atomic mass is 10.1. The zero-order valence-corrected chi connectivity index (χ0v) is 10.8. The van der Waals surface area contributed by atoms with Crippen LogP contribution in [0.3, 0.4) is 0 Å². The average Bonchev–Trinajstić information content (AvgIpc) is 2.85. The quantitative estimate of drug-likeness (QED) is 0.878. The predicted molar refractivity (Wildman–Crippen MR) is 72.5 cm³/mol. The lowest BCUT2D eigenvalue weighted by molar-refractivity contribution is 0.255. The molecule has 1 heterocycles. The Hall–Kier alpha value is -1.55. The summed E-state index contributed by atoms with van der Waals surface area (Å²) in [5.41, 5.74) is 0. The van der Waals surface area contributed by atoms with E-state index in [1.807, 2.05) is 0 Å². The predicted octanol–water partition coefficient (Wildman–Crippen LogP) is 3.56. The molecule has 1 aromatic rings. The number of rotatable bonds is 3. The van der Waals surface area contributed by atoms with Gasteiger partial charge in [0.1, 0.15) is 5.82 Å². The van der Waals surface area contributed by atoms with Gasteiger partial charge < -0.3 is 5.32 Å². The molecule has 2 rings (SSSR count). The van der Waals surface area contributed by atoms with E-state index in [0.717, 1.165) is 0 Å². The summed E-state index contributed by atoms with van der Waals surface area (Å²) in [6.45, 7) is 0. The van der Waals surface area contributed by atoms with E-state index < -0.39 is 0 Å². The van der Waals surface area contributed by atoms with Crippen LogP contribution < -0.4 is 10.6 Å². The maximum Gasteiger partial charge on any atom is 0.324 e. The van der Waals surface area contributed by atoms with Crippen molar-refractivity contribution in [3.63, 3.8) is 0 Å². The highest BCUT2D eigenvalue weighted by Gasteiger charge is 2.11. The Morgan fingerprint density at radius 1 is 1.39 bits per heavy atom. The van der Waals surface area contributed by atoms with Crippen molar-refractivity contribution in [3.05, 3.63) is 35.6 Å². The Bertz CT molecular complexity index is 424. The van der Waals surface area contributed by atoms with E-state index in [2.05, 4.69) is 21.7 Å². The number of nitrogens with zero attached hydrogens (tertiary/aromatic N) is 1. The third kappa shape index (κ3) is 4.04. The molecule has 96 valence electrons. The minimum Gasteiger partial charge on any atom is -0.315 e. The summed E-state index contributed by atoms with van der Waals surface area (Å²) in [4.78, 5) is 15.5. The van der Waals surface area contributed by atoms with Crippen molar-refractivity contribution in [1.29, 1.82) is 0 Å². The second kappa shape index (κ2) is 6.40. The number of amides is 2. The number of halogens is 1. The number of carbonyl (C=O) groups is 1. The Morgan fingerprint density at radius 3 is 2.83 bits per heavy atom. The van der Waals surface area contributed by atoms with Crippen molar-refractivity contribution in [2.75, 3.05) is 5.32 Å². The van der Waals surface area contributed by atoms with E-state index in [4.69, 9.17) is 11.6 Å². The van der Waals surface area contributed by atoms with Crippen LogP contribution in [-0.2, 0) is 0 Å². The molecule has 0 bridgehead atoms. The monoisotopic (exact) mass is 265 g/mol. The van der Waals surface area contributed by atoms with Gasteiger partial charge in [-0.2, -0.15) is 0 Å². The van der Waals surface area contributed by atoms with Gasteiger partial charge in [-0.05, 0) is 30.9 Å². The average molecular weight is 266 g/mol. The Labute approximate surface area is 111 Å². The van der Waals surface area contributed by atoms with Crippen LogP contribution >= 0.6 is 11.6 Å². The summed E-state index contributed by atoms with van der Waals surface area (Å²) in [5.74, 6) is 1.09. The van der Waals surface area contributed by atoms with Gasteiger partial charge in [0.25, 0.3) is 0 Å². The normalized spacial score (nSPS) is 16.1. The number of anilines is 1. The number of allylic oxidation sites excluding steroid dienone is 1. The standard InChI is InChI=1S/C13H16ClN3O/c14-11-5-6-12(16-9-11)17-13(18)15-8-7-10-3-1-2-4-10/h5-10H,1-4H2,(H2,15,16,17,18)/b8-7+. The molecule has 0 aliphatic heterocycles. The van der Waals surface area contributed by atoms with Crippen LogP contribution in [0.15, 0.2) is 30.6 Å². The fourth-order valence-electron chi connectivity index (χ4n) is 2.01. The van der Waals surface area contributed by atoms with Gasteiger partial charge in [0.2, 0.25) is 0 Å². The smallest absolute Gasteiger partial charge is 0.315 e. The number of hydrogen-bond donors (Lipinski definition) is 2. The van der Waals surface area contributed by atoms with E-state index >= 15 is 0 Å². The maximum atomic E-state index is 11.5. The van der Waals surface area contributed by atoms with Crippen molar-refractivity contribution < 1.29 is 4.79 Å². The second-order valence-corrected chi connectivity index (χ2v) is 4.80. The largest absolute Gasteiger partial charge is 0.324 e. The van der Waals surface area contributed by atoms with Gasteiger partial charge in [0, 0.05) is 12.4 Å². The van der Waals surface area contributed by atoms with E-state index in [9.17, 15) is 4.79 Å². The number of nitrogens with one attached hydrogen (secondary N) is 2. The molecule has 2 amide bonds. The van der Waals surface area contributed by atoms with Crippen molar-refractivity contribution in [2.24, 2.45) is 5.92 Å². The molecular weight excluding hydrogens is 250 g/mol. The lowest BCUT2D eigenvalue weighted by Gasteiger charge is -2.04. The molecule has 1 saturated carbocycles. The van der Waals surface area contributed by atoms with Gasteiger partial charge in [0.05, 0.1) is 5.02 Å². The summed E-state index contributed by atoms with van der Waals surface area (Å²) in [5, 5.41) is 5.84. The van der Waals surface area contributed by atoms with Crippen LogP contribution in [-0.4, -0.2) is 11.0 Å². The van der Waals surface area contributed by atoms with Gasteiger partial charge >= 0.3 is 6.03 Å². The third-order valence-electron chi connectivity index (χ3n) is 2.95. The first-order valence-electron chi connectivity index (χ1n) is 6.10. The van der Waals surface area contributed by atoms with Crippen LogP contribution in [0.25, 0.3) is 0 Å². The zero-order chi connectivity index (χ0) is 12.8. The van der Waals surface area contributed by atoms with Gasteiger partial charge in [-0.15, -0.1) is 0 Å². The molecule has 1 aliphatic carbocycles. The minimum absolute atomic E-state index is 0.293. The number of urea groups is 1. The zero-order valence-electron chi connectivity index (χ0n) is 10.0. The number of hydrogen-bond acceptors (Lipinski definition) is 2. The highest BCUT2D eigenvalue weighted by atomic mass is 35.5. The Balaban J connectivity index is 1.76. The fourth-order valence-corrected chi connectivity index (χ4v) is 2.12. The van der Waals surface area contributed by atoms with Gasteiger partial charge in [-0.1, -0.05) is 30.5 Å². The SMILES string of the molecule is O=C(N/C=C/C1CCCC1)Nc1ccc(Cl)cn1. The molecule has 0 unspecified atom stereocenters. The third-order valence-corrected chi connectivity index (χ3v) is 3.18. The van der Waals surface area contributed by atoms with Crippen LogP contribution in [0.2, 0.25) is 5.02 Å². The Kier molecular flexibility index (Phi) is 4.59. The highest BCUT2D eigenvalue weighted by Crippen LogP contribution is 2.25. The Morgan fingerprint density at radius 2 is 2.17 bits per heavy atom. The van der Waals surface area contributed by atoms with Crippen molar-refractivity contribution in [1.82, 2.24) is 10.3 Å². The van der Waals surface area contributed by atoms with Gasteiger partial charge in [0.15, 0.2) is 0 Å². The van der Waals surface area contributed by atoms with E-state index in [1.54, 1.807) is 18.3 Å². The second-order valence-electron chi connectivity index (χ2n) is 4.36. The molecule has 18 heavy (non-hydrogen) atoms. The number of pyridine rings is 1. The number of carbonyl (C=O) groups excluding carboxylic acids is 1. The van der Waals surface area contributed by atoms with E-state index in [0.29, 0.717) is 16.8 Å². The highest BCUT2D eigenvalue weighted by molar-refractivity contribution is 6.30. The van der Waals surface area contributed by atoms with E-state index in [-0.39, 0.29) is 6.03 Å². The van der Waals surface area contributed by atoms with Crippen molar-refractivity contribution in [2.45, 2.75) is 25.7 Å². The molecular formula is C13H16ClN3O. The van der Waals surface area contributed by atoms with Crippen LogP contribution in [0.5, 0.6) is 0 Å². The molecule has 0 atom stereocenters. The molecule has 0 spiro atoms. The van der Waals surface area contributed by atoms with E-state index in [1.165, 1.54) is 31.9 Å². The molecule has 0 saturated heterocycles. The summed E-state index contributed by atoms with van der Waals surface area (Å²) >= 11 is 5.70. The van der Waals surface area contributed by atoms with Crippen LogP contribution in [0.1, 0.15) is 25.7 Å². The maximum absolute atomic E-state index is 11.5. The molecule has 0 radical (unpaired) electrons. The minimum atomic E-state index is -0.293. The van der Waals surface area contributed by atoms with Gasteiger partial charge in [-0.25, -0.2) is 9.78 Å². The van der Waals surface area contributed by atoms with Crippen LogP contribution in [0.4, 0.5) is 10.6 Å². The first-order chi connectivity index (χ1) is 8.74.